The summed E-state index contributed by atoms with van der Waals surface area (Å²) in [7, 11) is 0. The minimum Gasteiger partial charge on any atom is -0.355 e. The molecule has 2 atom stereocenters. The van der Waals surface area contributed by atoms with E-state index in [1.54, 1.807) is 11.3 Å². The van der Waals surface area contributed by atoms with Crippen LogP contribution in [0.25, 0.3) is 0 Å². The Labute approximate surface area is 122 Å². The molecule has 5 nitrogen and oxygen atoms in total. The molecular weight excluding hydrogens is 274 g/mol. The van der Waals surface area contributed by atoms with Crippen molar-refractivity contribution < 1.29 is 9.59 Å². The molecule has 2 aliphatic rings. The molecule has 0 unspecified atom stereocenters. The normalized spacial score (nSPS) is 25.8. The Morgan fingerprint density at radius 3 is 3.00 bits per heavy atom. The number of nitrogens with zero attached hydrogens (tertiary/aromatic N) is 1. The van der Waals surface area contributed by atoms with Crippen molar-refractivity contribution in [2.45, 2.75) is 39.0 Å². The molecule has 0 bridgehead atoms. The van der Waals surface area contributed by atoms with Crippen molar-refractivity contribution in [2.75, 3.05) is 11.9 Å². The molecule has 2 N–H and O–H groups in total. The number of amides is 2. The topological polar surface area (TPSA) is 71.1 Å². The van der Waals surface area contributed by atoms with E-state index in [2.05, 4.69) is 22.5 Å². The van der Waals surface area contributed by atoms with E-state index in [9.17, 15) is 9.59 Å². The van der Waals surface area contributed by atoms with E-state index in [-0.39, 0.29) is 17.7 Å². The SMILES string of the molecule is C[C@H]1CCc2nc(NC(=O)[C@@H]3CCC(=O)NC3)sc2C1. The summed E-state index contributed by atoms with van der Waals surface area (Å²) in [6.45, 7) is 2.69. The van der Waals surface area contributed by atoms with Gasteiger partial charge in [-0.2, -0.15) is 0 Å². The summed E-state index contributed by atoms with van der Waals surface area (Å²) >= 11 is 1.60. The highest BCUT2D eigenvalue weighted by Gasteiger charge is 2.26. The van der Waals surface area contributed by atoms with E-state index in [1.807, 2.05) is 0 Å². The fourth-order valence-corrected chi connectivity index (χ4v) is 3.93. The summed E-state index contributed by atoms with van der Waals surface area (Å²) in [5.74, 6) is 0.588. The lowest BCUT2D eigenvalue weighted by Gasteiger charge is -2.20. The fourth-order valence-electron chi connectivity index (χ4n) is 2.76. The number of carbonyl (C=O) groups is 2. The second-order valence-electron chi connectivity index (χ2n) is 5.77. The molecule has 0 spiro atoms. The quantitative estimate of drug-likeness (QED) is 0.872. The van der Waals surface area contributed by atoms with Crippen molar-refractivity contribution in [3.63, 3.8) is 0 Å². The number of thiazole rings is 1. The van der Waals surface area contributed by atoms with Crippen LogP contribution in [0.4, 0.5) is 5.13 Å². The first-order valence-corrected chi connectivity index (χ1v) is 7.99. The molecule has 2 heterocycles. The number of hydrogen-bond donors (Lipinski definition) is 2. The minimum atomic E-state index is -0.132. The molecule has 20 heavy (non-hydrogen) atoms. The maximum atomic E-state index is 12.2. The Kier molecular flexibility index (Phi) is 3.74. The molecule has 108 valence electrons. The van der Waals surface area contributed by atoms with Crippen LogP contribution in [0.3, 0.4) is 0 Å². The third kappa shape index (κ3) is 2.85. The van der Waals surface area contributed by atoms with Gasteiger partial charge in [0.15, 0.2) is 5.13 Å². The van der Waals surface area contributed by atoms with Gasteiger partial charge in [0, 0.05) is 17.8 Å². The van der Waals surface area contributed by atoms with E-state index < -0.39 is 0 Å². The van der Waals surface area contributed by atoms with Crippen molar-refractivity contribution in [1.82, 2.24) is 10.3 Å². The average Bonchev–Trinajstić information content (AvgIpc) is 2.80. The summed E-state index contributed by atoms with van der Waals surface area (Å²) in [5.41, 5.74) is 1.15. The van der Waals surface area contributed by atoms with E-state index in [0.29, 0.717) is 30.4 Å². The summed E-state index contributed by atoms with van der Waals surface area (Å²) in [5, 5.41) is 6.37. The zero-order valence-electron chi connectivity index (χ0n) is 11.6. The highest BCUT2D eigenvalue weighted by Crippen LogP contribution is 2.32. The first-order chi connectivity index (χ1) is 9.61. The van der Waals surface area contributed by atoms with Gasteiger partial charge in [-0.15, -0.1) is 11.3 Å². The molecular formula is C14H19N3O2S. The van der Waals surface area contributed by atoms with Gasteiger partial charge >= 0.3 is 0 Å². The maximum Gasteiger partial charge on any atom is 0.231 e. The van der Waals surface area contributed by atoms with Crippen LogP contribution in [0.1, 0.15) is 36.8 Å². The van der Waals surface area contributed by atoms with Crippen molar-refractivity contribution in [1.29, 1.82) is 0 Å². The largest absolute Gasteiger partial charge is 0.355 e. The highest BCUT2D eigenvalue weighted by molar-refractivity contribution is 7.15. The second kappa shape index (κ2) is 5.52. The lowest BCUT2D eigenvalue weighted by molar-refractivity contribution is -0.126. The van der Waals surface area contributed by atoms with Crippen LogP contribution >= 0.6 is 11.3 Å². The van der Waals surface area contributed by atoms with Gasteiger partial charge in [-0.3, -0.25) is 9.59 Å². The van der Waals surface area contributed by atoms with Gasteiger partial charge in [0.25, 0.3) is 0 Å². The number of anilines is 1. The van der Waals surface area contributed by atoms with Gasteiger partial charge in [-0.05, 0) is 31.6 Å². The monoisotopic (exact) mass is 293 g/mol. The summed E-state index contributed by atoms with van der Waals surface area (Å²) < 4.78 is 0. The van der Waals surface area contributed by atoms with Crippen LogP contribution in [0.2, 0.25) is 0 Å². The standard InChI is InChI=1S/C14H19N3O2S/c1-8-2-4-10-11(6-8)20-14(16-10)17-13(19)9-3-5-12(18)15-7-9/h8-9H,2-7H2,1H3,(H,15,18)(H,16,17,19)/t8-,9+/m0/s1. The van der Waals surface area contributed by atoms with Crippen LogP contribution < -0.4 is 10.6 Å². The lowest BCUT2D eigenvalue weighted by atomic mass is 9.93. The predicted molar refractivity (Wildman–Crippen MR) is 77.7 cm³/mol. The third-order valence-corrected chi connectivity index (χ3v) is 5.09. The van der Waals surface area contributed by atoms with Crippen molar-refractivity contribution in [2.24, 2.45) is 11.8 Å². The molecule has 1 aromatic rings. The number of hydrogen-bond acceptors (Lipinski definition) is 4. The van der Waals surface area contributed by atoms with Crippen molar-refractivity contribution in [3.05, 3.63) is 10.6 Å². The van der Waals surface area contributed by atoms with Crippen molar-refractivity contribution >= 4 is 28.3 Å². The van der Waals surface area contributed by atoms with E-state index in [1.165, 1.54) is 11.3 Å². The van der Waals surface area contributed by atoms with E-state index >= 15 is 0 Å². The van der Waals surface area contributed by atoms with E-state index in [4.69, 9.17) is 0 Å². The van der Waals surface area contributed by atoms with Crippen LogP contribution in [0.5, 0.6) is 0 Å². The smallest absolute Gasteiger partial charge is 0.231 e. The number of nitrogens with one attached hydrogen (secondary N) is 2. The molecule has 6 heteroatoms. The number of aromatic nitrogens is 1. The molecule has 1 saturated heterocycles. The number of piperidine rings is 1. The molecule has 0 radical (unpaired) electrons. The molecule has 2 amide bonds. The van der Waals surface area contributed by atoms with Gasteiger partial charge < -0.3 is 10.6 Å². The number of rotatable bonds is 2. The van der Waals surface area contributed by atoms with Gasteiger partial charge in [-0.1, -0.05) is 6.92 Å². The molecule has 0 saturated carbocycles. The van der Waals surface area contributed by atoms with Gasteiger partial charge in [0.05, 0.1) is 11.6 Å². The average molecular weight is 293 g/mol. The van der Waals surface area contributed by atoms with Crippen LogP contribution in [-0.2, 0) is 22.4 Å². The zero-order valence-corrected chi connectivity index (χ0v) is 12.4. The molecule has 3 rings (SSSR count). The minimum absolute atomic E-state index is 0.0239. The Morgan fingerprint density at radius 2 is 2.25 bits per heavy atom. The zero-order chi connectivity index (χ0) is 14.1. The molecule has 1 aromatic heterocycles. The van der Waals surface area contributed by atoms with Crippen LogP contribution in [0, 0.1) is 11.8 Å². The third-order valence-electron chi connectivity index (χ3n) is 4.05. The molecule has 1 aliphatic carbocycles. The molecule has 1 fully saturated rings. The van der Waals surface area contributed by atoms with Gasteiger partial charge in [0.2, 0.25) is 11.8 Å². The van der Waals surface area contributed by atoms with Crippen molar-refractivity contribution in [3.8, 4) is 0 Å². The van der Waals surface area contributed by atoms with E-state index in [0.717, 1.165) is 18.5 Å². The van der Waals surface area contributed by atoms with Crippen LogP contribution in [0.15, 0.2) is 0 Å². The summed E-state index contributed by atoms with van der Waals surface area (Å²) in [6.07, 6.45) is 4.33. The van der Waals surface area contributed by atoms with Gasteiger partial charge in [-0.25, -0.2) is 4.98 Å². The van der Waals surface area contributed by atoms with Crippen LogP contribution in [-0.4, -0.2) is 23.3 Å². The Hall–Kier alpha value is -1.43. The lowest BCUT2D eigenvalue weighted by Crippen LogP contribution is -2.40. The van der Waals surface area contributed by atoms with Gasteiger partial charge in [0.1, 0.15) is 0 Å². The Morgan fingerprint density at radius 1 is 1.40 bits per heavy atom. The molecule has 1 aliphatic heterocycles. The number of aryl methyl sites for hydroxylation is 1. The highest BCUT2D eigenvalue weighted by atomic mass is 32.1. The summed E-state index contributed by atoms with van der Waals surface area (Å²) in [6, 6.07) is 0. The number of fused-ring (bicyclic) bond motifs is 1. The maximum absolute atomic E-state index is 12.2. The first-order valence-electron chi connectivity index (χ1n) is 7.18. The molecule has 0 aromatic carbocycles. The Balaban J connectivity index is 1.63. The number of carbonyl (C=O) groups excluding carboxylic acids is 2. The predicted octanol–water partition coefficient (Wildman–Crippen LogP) is 1.73. The Bertz CT molecular complexity index is 531. The second-order valence-corrected chi connectivity index (χ2v) is 6.85. The summed E-state index contributed by atoms with van der Waals surface area (Å²) in [4.78, 5) is 29.1. The fraction of sp³-hybridized carbons (Fsp3) is 0.643. The first kappa shape index (κ1) is 13.5.